The van der Waals surface area contributed by atoms with E-state index in [9.17, 15) is 9.59 Å². The molecule has 0 fully saturated rings. The second kappa shape index (κ2) is 8.62. The number of aromatic nitrogens is 1. The Morgan fingerprint density at radius 3 is 2.26 bits per heavy atom. The first-order chi connectivity index (χ1) is 13.1. The molecule has 6 heteroatoms. The first kappa shape index (κ1) is 18.1. The number of pyridine rings is 1. The van der Waals surface area contributed by atoms with E-state index in [1.165, 1.54) is 6.92 Å². The molecule has 3 rings (SSSR count). The van der Waals surface area contributed by atoms with Gasteiger partial charge in [-0.2, -0.15) is 0 Å². The fourth-order valence-corrected chi connectivity index (χ4v) is 2.27. The van der Waals surface area contributed by atoms with Gasteiger partial charge in [0, 0.05) is 23.5 Å². The summed E-state index contributed by atoms with van der Waals surface area (Å²) in [5.74, 6) is 1.36. The van der Waals surface area contributed by atoms with Crippen molar-refractivity contribution in [3.8, 4) is 17.4 Å². The Kier molecular flexibility index (Phi) is 5.79. The van der Waals surface area contributed by atoms with Crippen molar-refractivity contribution in [2.24, 2.45) is 0 Å². The third-order valence-corrected chi connectivity index (χ3v) is 3.63. The molecule has 27 heavy (non-hydrogen) atoms. The summed E-state index contributed by atoms with van der Waals surface area (Å²) in [5.41, 5.74) is 1.20. The molecule has 0 saturated carbocycles. The topological polar surface area (TPSA) is 77.5 Å². The molecule has 0 aliphatic carbocycles. The van der Waals surface area contributed by atoms with Gasteiger partial charge in [0.05, 0.1) is 0 Å². The van der Waals surface area contributed by atoms with Gasteiger partial charge in [0.15, 0.2) is 12.4 Å². The maximum absolute atomic E-state index is 12.0. The molecule has 0 saturated heterocycles. The van der Waals surface area contributed by atoms with Gasteiger partial charge in [0.25, 0.3) is 5.91 Å². The molecule has 0 unspecified atom stereocenters. The van der Waals surface area contributed by atoms with Gasteiger partial charge in [-0.25, -0.2) is 4.98 Å². The molecule has 1 N–H and O–H groups in total. The minimum absolute atomic E-state index is 0.0216. The van der Waals surface area contributed by atoms with Crippen LogP contribution in [0.15, 0.2) is 72.9 Å². The van der Waals surface area contributed by atoms with Gasteiger partial charge in [0.1, 0.15) is 11.5 Å². The van der Waals surface area contributed by atoms with E-state index in [4.69, 9.17) is 9.47 Å². The molecule has 1 heterocycles. The van der Waals surface area contributed by atoms with Crippen molar-refractivity contribution in [3.05, 3.63) is 78.5 Å². The van der Waals surface area contributed by atoms with Crippen molar-refractivity contribution in [1.29, 1.82) is 0 Å². The fraction of sp³-hybridized carbons (Fsp3) is 0.0952. The lowest BCUT2D eigenvalue weighted by Crippen LogP contribution is -2.20. The minimum atomic E-state index is -0.292. The highest BCUT2D eigenvalue weighted by atomic mass is 16.5. The molecule has 0 aliphatic rings. The molecule has 1 aromatic heterocycles. The Hall–Kier alpha value is -3.67. The Bertz CT molecular complexity index is 907. The standard InChI is InChI=1S/C21H18N2O4/c1-15(24)16-5-7-17(8-6-16)23-20(25)14-26-18-9-11-19(12-10-18)27-21-4-2-3-13-22-21/h2-13H,14H2,1H3,(H,23,25). The number of carbonyl (C=O) groups excluding carboxylic acids is 2. The summed E-state index contributed by atoms with van der Waals surface area (Å²) in [6.45, 7) is 1.36. The number of benzene rings is 2. The molecule has 6 nitrogen and oxygen atoms in total. The largest absolute Gasteiger partial charge is 0.484 e. The zero-order valence-electron chi connectivity index (χ0n) is 14.7. The van der Waals surface area contributed by atoms with Gasteiger partial charge in [-0.1, -0.05) is 6.07 Å². The average Bonchev–Trinajstić information content (AvgIpc) is 2.69. The second-order valence-electron chi connectivity index (χ2n) is 5.71. The summed E-state index contributed by atoms with van der Waals surface area (Å²) in [7, 11) is 0. The van der Waals surface area contributed by atoms with Crippen LogP contribution in [0.2, 0.25) is 0 Å². The van der Waals surface area contributed by atoms with Crippen LogP contribution in [0.5, 0.6) is 17.4 Å². The molecule has 0 bridgehead atoms. The Balaban J connectivity index is 1.49. The molecule has 2 aromatic carbocycles. The fourth-order valence-electron chi connectivity index (χ4n) is 2.27. The van der Waals surface area contributed by atoms with Crippen LogP contribution in [0.4, 0.5) is 5.69 Å². The Morgan fingerprint density at radius 1 is 0.926 bits per heavy atom. The number of amides is 1. The first-order valence-corrected chi connectivity index (χ1v) is 8.33. The Labute approximate surface area is 156 Å². The van der Waals surface area contributed by atoms with E-state index in [2.05, 4.69) is 10.3 Å². The highest BCUT2D eigenvalue weighted by Crippen LogP contribution is 2.22. The number of rotatable bonds is 7. The molecule has 0 spiro atoms. The quantitative estimate of drug-likeness (QED) is 0.641. The van der Waals surface area contributed by atoms with Crippen molar-refractivity contribution in [3.63, 3.8) is 0 Å². The van der Waals surface area contributed by atoms with Crippen LogP contribution in [-0.4, -0.2) is 23.3 Å². The van der Waals surface area contributed by atoms with E-state index in [1.807, 2.05) is 12.1 Å². The summed E-state index contributed by atoms with van der Waals surface area (Å²) in [6.07, 6.45) is 1.65. The van der Waals surface area contributed by atoms with Gasteiger partial charge in [-0.3, -0.25) is 9.59 Å². The van der Waals surface area contributed by atoms with Crippen LogP contribution in [-0.2, 0) is 4.79 Å². The average molecular weight is 362 g/mol. The molecule has 1 amide bonds. The summed E-state index contributed by atoms with van der Waals surface area (Å²) >= 11 is 0. The van der Waals surface area contributed by atoms with E-state index in [0.29, 0.717) is 28.6 Å². The van der Waals surface area contributed by atoms with E-state index in [1.54, 1.807) is 60.8 Å². The number of ether oxygens (including phenoxy) is 2. The molecular weight excluding hydrogens is 344 g/mol. The molecule has 0 atom stereocenters. The zero-order chi connectivity index (χ0) is 19.1. The Morgan fingerprint density at radius 2 is 1.63 bits per heavy atom. The van der Waals surface area contributed by atoms with Crippen molar-refractivity contribution < 1.29 is 19.1 Å². The lowest BCUT2D eigenvalue weighted by Gasteiger charge is -2.09. The molecule has 136 valence electrons. The van der Waals surface area contributed by atoms with Gasteiger partial charge >= 0.3 is 0 Å². The number of ketones is 1. The summed E-state index contributed by atoms with van der Waals surface area (Å²) < 4.78 is 11.1. The van der Waals surface area contributed by atoms with E-state index < -0.39 is 0 Å². The van der Waals surface area contributed by atoms with Crippen LogP contribution in [0.1, 0.15) is 17.3 Å². The number of anilines is 1. The van der Waals surface area contributed by atoms with E-state index >= 15 is 0 Å². The number of carbonyl (C=O) groups is 2. The van der Waals surface area contributed by atoms with Gasteiger partial charge in [-0.15, -0.1) is 0 Å². The van der Waals surface area contributed by atoms with Gasteiger partial charge in [0.2, 0.25) is 5.88 Å². The summed E-state index contributed by atoms with van der Waals surface area (Å²) in [6, 6.07) is 19.0. The number of hydrogen-bond donors (Lipinski definition) is 1. The SMILES string of the molecule is CC(=O)c1ccc(NC(=O)COc2ccc(Oc3ccccn3)cc2)cc1. The first-order valence-electron chi connectivity index (χ1n) is 8.33. The maximum Gasteiger partial charge on any atom is 0.262 e. The second-order valence-corrected chi connectivity index (χ2v) is 5.71. The van der Waals surface area contributed by atoms with E-state index in [-0.39, 0.29) is 18.3 Å². The van der Waals surface area contributed by atoms with Crippen molar-refractivity contribution in [2.45, 2.75) is 6.92 Å². The third kappa shape index (κ3) is 5.40. The van der Waals surface area contributed by atoms with E-state index in [0.717, 1.165) is 0 Å². The van der Waals surface area contributed by atoms with Crippen LogP contribution < -0.4 is 14.8 Å². The molecule has 3 aromatic rings. The van der Waals surface area contributed by atoms with Gasteiger partial charge < -0.3 is 14.8 Å². The highest BCUT2D eigenvalue weighted by Gasteiger charge is 2.06. The third-order valence-electron chi connectivity index (χ3n) is 3.63. The van der Waals surface area contributed by atoms with Crippen LogP contribution in [0.3, 0.4) is 0 Å². The predicted octanol–water partition coefficient (Wildman–Crippen LogP) is 4.09. The molecular formula is C21H18N2O4. The number of Topliss-reactive ketones (excluding diaryl/α,β-unsaturated/α-hetero) is 1. The normalized spacial score (nSPS) is 10.1. The van der Waals surface area contributed by atoms with Crippen LogP contribution in [0, 0.1) is 0 Å². The number of nitrogens with zero attached hydrogens (tertiary/aromatic N) is 1. The van der Waals surface area contributed by atoms with Crippen LogP contribution >= 0.6 is 0 Å². The number of nitrogens with one attached hydrogen (secondary N) is 1. The lowest BCUT2D eigenvalue weighted by molar-refractivity contribution is -0.118. The monoisotopic (exact) mass is 362 g/mol. The molecule has 0 aliphatic heterocycles. The van der Waals surface area contributed by atoms with Crippen molar-refractivity contribution >= 4 is 17.4 Å². The smallest absolute Gasteiger partial charge is 0.262 e. The minimum Gasteiger partial charge on any atom is -0.484 e. The predicted molar refractivity (Wildman–Crippen MR) is 101 cm³/mol. The highest BCUT2D eigenvalue weighted by molar-refractivity contribution is 5.95. The van der Waals surface area contributed by atoms with Crippen molar-refractivity contribution in [2.75, 3.05) is 11.9 Å². The zero-order valence-corrected chi connectivity index (χ0v) is 14.7. The van der Waals surface area contributed by atoms with Crippen molar-refractivity contribution in [1.82, 2.24) is 4.98 Å². The van der Waals surface area contributed by atoms with Crippen LogP contribution in [0.25, 0.3) is 0 Å². The maximum atomic E-state index is 12.0. The molecule has 0 radical (unpaired) electrons. The summed E-state index contributed by atoms with van der Waals surface area (Å²) in [4.78, 5) is 27.3. The lowest BCUT2D eigenvalue weighted by atomic mass is 10.1. The summed E-state index contributed by atoms with van der Waals surface area (Å²) in [5, 5.41) is 2.71. The van der Waals surface area contributed by atoms with Gasteiger partial charge in [-0.05, 0) is 61.5 Å². The number of hydrogen-bond acceptors (Lipinski definition) is 5.